The molecule has 0 aliphatic heterocycles. The highest BCUT2D eigenvalue weighted by atomic mass is 127. The Morgan fingerprint density at radius 2 is 1.85 bits per heavy atom. The van der Waals surface area contributed by atoms with Crippen LogP contribution in [0.5, 0.6) is 0 Å². The molecule has 1 aromatic rings. The number of rotatable bonds is 4. The molecule has 13 heavy (non-hydrogen) atoms. The second-order valence-electron chi connectivity index (χ2n) is 3.24. The van der Waals surface area contributed by atoms with Crippen molar-refractivity contribution in [3.63, 3.8) is 0 Å². The molecule has 0 radical (unpaired) electrons. The van der Waals surface area contributed by atoms with Crippen LogP contribution < -0.4 is 5.32 Å². The topological polar surface area (TPSA) is 12.0 Å². The van der Waals surface area contributed by atoms with Crippen LogP contribution in [0, 0.1) is 13.8 Å². The fourth-order valence-corrected chi connectivity index (χ4v) is 1.79. The molecule has 1 N–H and O–H groups in total. The zero-order chi connectivity index (χ0) is 9.68. The Balaban J connectivity index is 2.64. The van der Waals surface area contributed by atoms with Crippen molar-refractivity contribution >= 4 is 22.6 Å². The summed E-state index contributed by atoms with van der Waals surface area (Å²) in [6, 6.07) is 6.47. The maximum Gasteiger partial charge on any atom is 0.0211 e. The molecule has 0 fully saturated rings. The second kappa shape index (κ2) is 5.60. The highest BCUT2D eigenvalue weighted by molar-refractivity contribution is 14.1. The number of halogens is 1. The maximum atomic E-state index is 3.43. The zero-order valence-electron chi connectivity index (χ0n) is 8.23. The number of hydrogen-bond donors (Lipinski definition) is 1. The van der Waals surface area contributed by atoms with Gasteiger partial charge in [0, 0.05) is 17.5 Å². The Hall–Kier alpha value is -0.0900. The van der Waals surface area contributed by atoms with Crippen molar-refractivity contribution in [1.82, 2.24) is 5.32 Å². The highest BCUT2D eigenvalue weighted by Gasteiger charge is 1.99. The van der Waals surface area contributed by atoms with Gasteiger partial charge in [-0.3, -0.25) is 0 Å². The van der Waals surface area contributed by atoms with Crippen molar-refractivity contribution in [3.8, 4) is 0 Å². The fraction of sp³-hybridized carbons (Fsp3) is 0.455. The first-order chi connectivity index (χ1) is 6.25. The van der Waals surface area contributed by atoms with Gasteiger partial charge >= 0.3 is 0 Å². The van der Waals surface area contributed by atoms with E-state index in [1.807, 2.05) is 0 Å². The smallest absolute Gasteiger partial charge is 0.0211 e. The third-order valence-corrected chi connectivity index (χ3v) is 2.76. The molecule has 0 atom stereocenters. The molecular formula is C11H16IN. The molecule has 0 saturated heterocycles. The van der Waals surface area contributed by atoms with E-state index < -0.39 is 0 Å². The summed E-state index contributed by atoms with van der Waals surface area (Å²) in [5.74, 6) is 0. The second-order valence-corrected chi connectivity index (χ2v) is 4.31. The first-order valence-corrected chi connectivity index (χ1v) is 6.10. The molecule has 72 valence electrons. The number of aryl methyl sites for hydroxylation is 2. The Bertz CT molecular complexity index is 251. The number of nitrogens with one attached hydrogen (secondary N) is 1. The van der Waals surface area contributed by atoms with Crippen LogP contribution in [0.1, 0.15) is 16.7 Å². The fourth-order valence-electron chi connectivity index (χ4n) is 1.41. The zero-order valence-corrected chi connectivity index (χ0v) is 10.4. The van der Waals surface area contributed by atoms with Gasteiger partial charge in [0.05, 0.1) is 0 Å². The van der Waals surface area contributed by atoms with Crippen LogP contribution in [0.4, 0.5) is 0 Å². The van der Waals surface area contributed by atoms with Crippen LogP contribution in [0.15, 0.2) is 18.2 Å². The molecule has 0 heterocycles. The van der Waals surface area contributed by atoms with Gasteiger partial charge < -0.3 is 5.32 Å². The van der Waals surface area contributed by atoms with Gasteiger partial charge in [0.15, 0.2) is 0 Å². The molecule has 0 saturated carbocycles. The van der Waals surface area contributed by atoms with Crippen molar-refractivity contribution in [1.29, 1.82) is 0 Å². The van der Waals surface area contributed by atoms with Crippen LogP contribution >= 0.6 is 22.6 Å². The molecule has 1 aromatic carbocycles. The monoisotopic (exact) mass is 289 g/mol. The summed E-state index contributed by atoms with van der Waals surface area (Å²) in [6.45, 7) is 6.44. The van der Waals surface area contributed by atoms with Crippen LogP contribution in [0.25, 0.3) is 0 Å². The van der Waals surface area contributed by atoms with Crippen LogP contribution in [0.2, 0.25) is 0 Å². The van der Waals surface area contributed by atoms with Crippen molar-refractivity contribution in [2.24, 2.45) is 0 Å². The van der Waals surface area contributed by atoms with Crippen LogP contribution in [-0.4, -0.2) is 11.0 Å². The van der Waals surface area contributed by atoms with E-state index in [-0.39, 0.29) is 0 Å². The highest BCUT2D eigenvalue weighted by Crippen LogP contribution is 2.12. The molecule has 0 unspecified atom stereocenters. The predicted molar refractivity (Wildman–Crippen MR) is 66.5 cm³/mol. The first-order valence-electron chi connectivity index (χ1n) is 4.57. The summed E-state index contributed by atoms with van der Waals surface area (Å²) >= 11 is 2.39. The van der Waals surface area contributed by atoms with E-state index in [1.54, 1.807) is 0 Å². The average Bonchev–Trinajstić information content (AvgIpc) is 2.10. The minimum atomic E-state index is 1.00. The van der Waals surface area contributed by atoms with Gasteiger partial charge in [0.1, 0.15) is 0 Å². The molecule has 0 amide bonds. The molecular weight excluding hydrogens is 273 g/mol. The quantitative estimate of drug-likeness (QED) is 0.510. The van der Waals surface area contributed by atoms with Crippen molar-refractivity contribution in [2.45, 2.75) is 20.4 Å². The van der Waals surface area contributed by atoms with Gasteiger partial charge in [-0.2, -0.15) is 0 Å². The lowest BCUT2D eigenvalue weighted by Crippen LogP contribution is -2.16. The van der Waals surface area contributed by atoms with Gasteiger partial charge in [0.25, 0.3) is 0 Å². The Labute approximate surface area is 94.1 Å². The normalized spacial score (nSPS) is 10.4. The summed E-state index contributed by atoms with van der Waals surface area (Å²) in [7, 11) is 0. The van der Waals surface area contributed by atoms with Gasteiger partial charge in [-0.25, -0.2) is 0 Å². The van der Waals surface area contributed by atoms with Crippen molar-refractivity contribution in [2.75, 3.05) is 11.0 Å². The third kappa shape index (κ3) is 3.27. The van der Waals surface area contributed by atoms with E-state index in [2.05, 4.69) is 60.0 Å². The van der Waals surface area contributed by atoms with Gasteiger partial charge in [0.2, 0.25) is 0 Å². The molecule has 2 heteroatoms. The van der Waals surface area contributed by atoms with Crippen molar-refractivity contribution in [3.05, 3.63) is 34.9 Å². The minimum Gasteiger partial charge on any atom is -0.312 e. The maximum absolute atomic E-state index is 3.43. The van der Waals surface area contributed by atoms with E-state index in [4.69, 9.17) is 0 Å². The average molecular weight is 289 g/mol. The number of alkyl halides is 1. The summed E-state index contributed by atoms with van der Waals surface area (Å²) < 4.78 is 1.17. The number of benzene rings is 1. The minimum absolute atomic E-state index is 1.00. The van der Waals surface area contributed by atoms with Crippen LogP contribution in [0.3, 0.4) is 0 Å². The molecule has 0 spiro atoms. The molecule has 0 aromatic heterocycles. The van der Waals surface area contributed by atoms with E-state index >= 15 is 0 Å². The Morgan fingerprint density at radius 1 is 1.23 bits per heavy atom. The van der Waals surface area contributed by atoms with Crippen LogP contribution in [-0.2, 0) is 6.54 Å². The standard InChI is InChI=1S/C11H16IN/c1-9-4-3-5-10(2)11(9)8-13-7-6-12/h3-5,13H,6-8H2,1-2H3. The summed E-state index contributed by atoms with van der Waals surface area (Å²) in [6.07, 6.45) is 0. The number of hydrogen-bond acceptors (Lipinski definition) is 1. The summed E-state index contributed by atoms with van der Waals surface area (Å²) in [5.41, 5.74) is 4.23. The lowest BCUT2D eigenvalue weighted by Gasteiger charge is -2.09. The Kier molecular flexibility index (Phi) is 4.73. The Morgan fingerprint density at radius 3 is 2.38 bits per heavy atom. The summed E-state index contributed by atoms with van der Waals surface area (Å²) in [4.78, 5) is 0. The van der Waals surface area contributed by atoms with Crippen molar-refractivity contribution < 1.29 is 0 Å². The molecule has 0 aliphatic rings. The van der Waals surface area contributed by atoms with Gasteiger partial charge in [-0.05, 0) is 30.5 Å². The summed E-state index contributed by atoms with van der Waals surface area (Å²) in [5, 5.41) is 3.43. The van der Waals surface area contributed by atoms with Gasteiger partial charge in [-0.1, -0.05) is 40.8 Å². The molecule has 1 rings (SSSR count). The predicted octanol–water partition coefficient (Wildman–Crippen LogP) is 2.83. The van der Waals surface area contributed by atoms with E-state index in [1.165, 1.54) is 21.1 Å². The lowest BCUT2D eigenvalue weighted by atomic mass is 10.0. The van der Waals surface area contributed by atoms with E-state index in [0.717, 1.165) is 13.1 Å². The molecule has 0 aliphatic carbocycles. The molecule has 1 nitrogen and oxygen atoms in total. The third-order valence-electron chi connectivity index (χ3n) is 2.22. The first kappa shape index (κ1) is 11.0. The van der Waals surface area contributed by atoms with E-state index in [0.29, 0.717) is 0 Å². The molecule has 0 bridgehead atoms. The largest absolute Gasteiger partial charge is 0.312 e. The SMILES string of the molecule is Cc1cccc(C)c1CNCCI. The van der Waals surface area contributed by atoms with Gasteiger partial charge in [-0.15, -0.1) is 0 Å². The lowest BCUT2D eigenvalue weighted by molar-refractivity contribution is 0.729. The van der Waals surface area contributed by atoms with E-state index in [9.17, 15) is 0 Å².